The third kappa shape index (κ3) is 2.46. The first-order valence-electron chi connectivity index (χ1n) is 5.14. The largest absolute Gasteiger partial charge is 0.495 e. The molecule has 0 spiro atoms. The van der Waals surface area contributed by atoms with Gasteiger partial charge in [-0.2, -0.15) is 0 Å². The number of pyridine rings is 1. The van der Waals surface area contributed by atoms with Crippen LogP contribution in [0.15, 0.2) is 18.3 Å². The zero-order valence-corrected chi connectivity index (χ0v) is 8.86. The number of aromatic nitrogens is 1. The van der Waals surface area contributed by atoms with Crippen LogP contribution in [0.1, 0.15) is 12.1 Å². The van der Waals surface area contributed by atoms with Crippen LogP contribution in [0.4, 0.5) is 0 Å². The molecule has 15 heavy (non-hydrogen) atoms. The maximum atomic E-state index is 10.1. The van der Waals surface area contributed by atoms with Gasteiger partial charge in [0.1, 0.15) is 5.75 Å². The monoisotopic (exact) mass is 208 g/mol. The van der Waals surface area contributed by atoms with Crippen LogP contribution in [-0.4, -0.2) is 35.9 Å². The van der Waals surface area contributed by atoms with Crippen molar-refractivity contribution >= 4 is 0 Å². The number of ether oxygens (including phenoxy) is 1. The Morgan fingerprint density at radius 3 is 3.00 bits per heavy atom. The number of aliphatic hydroxyl groups is 1. The number of nitrogens with one attached hydrogen (secondary N) is 1. The van der Waals surface area contributed by atoms with Gasteiger partial charge in [-0.05, 0) is 25.1 Å². The van der Waals surface area contributed by atoms with Gasteiger partial charge in [-0.25, -0.2) is 0 Å². The molecule has 2 N–H and O–H groups in total. The van der Waals surface area contributed by atoms with Crippen LogP contribution in [0.2, 0.25) is 0 Å². The van der Waals surface area contributed by atoms with Crippen LogP contribution in [0.3, 0.4) is 0 Å². The molecule has 0 aliphatic carbocycles. The predicted octanol–water partition coefficient (Wildman–Crippen LogP) is 0.357. The summed E-state index contributed by atoms with van der Waals surface area (Å²) >= 11 is 0. The van der Waals surface area contributed by atoms with Gasteiger partial charge < -0.3 is 15.2 Å². The minimum Gasteiger partial charge on any atom is -0.495 e. The van der Waals surface area contributed by atoms with Crippen LogP contribution in [0.5, 0.6) is 5.75 Å². The van der Waals surface area contributed by atoms with Gasteiger partial charge in [0.15, 0.2) is 0 Å². The zero-order valence-electron chi connectivity index (χ0n) is 8.86. The minimum absolute atomic E-state index is 0.601. The second-order valence-corrected chi connectivity index (χ2v) is 4.02. The molecular weight excluding hydrogens is 192 g/mol. The standard InChI is InChI=1S/C11H16N2O2/c1-15-10-3-2-9(13-7-10)6-11(14)4-5-12-8-11/h2-3,7,12,14H,4-6,8H2,1H3. The van der Waals surface area contributed by atoms with Crippen molar-refractivity contribution in [1.82, 2.24) is 10.3 Å². The molecule has 1 aliphatic heterocycles. The number of β-amino-alcohol motifs (C(OH)–C–C–N with tert-alkyl or cyclic N) is 1. The highest BCUT2D eigenvalue weighted by Crippen LogP contribution is 2.20. The maximum Gasteiger partial charge on any atom is 0.137 e. The molecule has 1 aromatic rings. The second-order valence-electron chi connectivity index (χ2n) is 4.02. The Morgan fingerprint density at radius 2 is 2.47 bits per heavy atom. The summed E-state index contributed by atoms with van der Waals surface area (Å²) in [6, 6.07) is 3.77. The van der Waals surface area contributed by atoms with Gasteiger partial charge in [-0.1, -0.05) is 0 Å². The van der Waals surface area contributed by atoms with Crippen LogP contribution in [0.25, 0.3) is 0 Å². The van der Waals surface area contributed by atoms with Crippen molar-refractivity contribution in [2.45, 2.75) is 18.4 Å². The molecule has 1 fully saturated rings. The Morgan fingerprint density at radius 1 is 1.60 bits per heavy atom. The smallest absolute Gasteiger partial charge is 0.137 e. The van der Waals surface area contributed by atoms with E-state index in [1.165, 1.54) is 0 Å². The van der Waals surface area contributed by atoms with Crippen molar-refractivity contribution in [3.63, 3.8) is 0 Å². The Hall–Kier alpha value is -1.13. The summed E-state index contributed by atoms with van der Waals surface area (Å²) < 4.78 is 5.03. The van der Waals surface area contributed by atoms with E-state index < -0.39 is 5.60 Å². The molecular formula is C11H16N2O2. The van der Waals surface area contributed by atoms with Gasteiger partial charge in [-0.15, -0.1) is 0 Å². The molecule has 2 heterocycles. The fourth-order valence-corrected chi connectivity index (χ4v) is 1.85. The summed E-state index contributed by atoms with van der Waals surface area (Å²) in [7, 11) is 1.62. The predicted molar refractivity (Wildman–Crippen MR) is 56.9 cm³/mol. The van der Waals surface area contributed by atoms with Gasteiger partial charge in [-0.3, -0.25) is 4.98 Å². The summed E-state index contributed by atoms with van der Waals surface area (Å²) in [5.74, 6) is 0.746. The normalized spacial score (nSPS) is 25.5. The van der Waals surface area contributed by atoms with Gasteiger partial charge in [0.2, 0.25) is 0 Å². The maximum absolute atomic E-state index is 10.1. The first kappa shape index (κ1) is 10.4. The number of hydrogen-bond donors (Lipinski definition) is 2. The minimum atomic E-state index is -0.623. The molecule has 4 heteroatoms. The molecule has 82 valence electrons. The third-order valence-electron chi connectivity index (χ3n) is 2.76. The average molecular weight is 208 g/mol. The Bertz CT molecular complexity index is 318. The summed E-state index contributed by atoms with van der Waals surface area (Å²) in [4.78, 5) is 4.25. The lowest BCUT2D eigenvalue weighted by molar-refractivity contribution is 0.0609. The van der Waals surface area contributed by atoms with Gasteiger partial charge >= 0.3 is 0 Å². The lowest BCUT2D eigenvalue weighted by atomic mass is 9.97. The lowest BCUT2D eigenvalue weighted by Crippen LogP contribution is -2.34. The summed E-state index contributed by atoms with van der Waals surface area (Å²) in [6.07, 6.45) is 3.08. The van der Waals surface area contributed by atoms with E-state index in [0.717, 1.165) is 24.4 Å². The van der Waals surface area contributed by atoms with E-state index in [1.54, 1.807) is 13.3 Å². The van der Waals surface area contributed by atoms with Crippen molar-refractivity contribution in [3.05, 3.63) is 24.0 Å². The van der Waals surface area contributed by atoms with Crippen LogP contribution >= 0.6 is 0 Å². The topological polar surface area (TPSA) is 54.4 Å². The molecule has 1 atom stereocenters. The Labute approximate surface area is 89.3 Å². The first-order chi connectivity index (χ1) is 7.22. The number of methoxy groups -OCH3 is 1. The molecule has 0 aromatic carbocycles. The summed E-state index contributed by atoms with van der Waals surface area (Å²) in [5.41, 5.74) is 0.281. The van der Waals surface area contributed by atoms with Crippen molar-refractivity contribution in [2.75, 3.05) is 20.2 Å². The highest BCUT2D eigenvalue weighted by atomic mass is 16.5. The lowest BCUT2D eigenvalue weighted by Gasteiger charge is -2.20. The molecule has 2 rings (SSSR count). The van der Waals surface area contributed by atoms with Crippen molar-refractivity contribution in [2.24, 2.45) is 0 Å². The molecule has 0 saturated carbocycles. The summed E-state index contributed by atoms with van der Waals surface area (Å²) in [6.45, 7) is 1.54. The molecule has 1 saturated heterocycles. The quantitative estimate of drug-likeness (QED) is 0.753. The summed E-state index contributed by atoms with van der Waals surface area (Å²) in [5, 5.41) is 13.3. The van der Waals surface area contributed by atoms with Gasteiger partial charge in [0, 0.05) is 18.7 Å². The molecule has 1 unspecified atom stereocenters. The first-order valence-corrected chi connectivity index (χ1v) is 5.14. The van der Waals surface area contributed by atoms with Crippen LogP contribution in [0, 0.1) is 0 Å². The second kappa shape index (κ2) is 4.16. The van der Waals surface area contributed by atoms with E-state index >= 15 is 0 Å². The highest BCUT2D eigenvalue weighted by Gasteiger charge is 2.31. The number of nitrogens with zero attached hydrogens (tertiary/aromatic N) is 1. The molecule has 0 amide bonds. The van der Waals surface area contributed by atoms with Gasteiger partial charge in [0.25, 0.3) is 0 Å². The number of rotatable bonds is 3. The molecule has 0 bridgehead atoms. The molecule has 0 radical (unpaired) electrons. The van der Waals surface area contributed by atoms with Crippen molar-refractivity contribution < 1.29 is 9.84 Å². The van der Waals surface area contributed by atoms with Crippen LogP contribution < -0.4 is 10.1 Å². The fourth-order valence-electron chi connectivity index (χ4n) is 1.85. The fraction of sp³-hybridized carbons (Fsp3) is 0.545. The molecule has 1 aliphatic rings. The Balaban J connectivity index is 2.04. The van der Waals surface area contributed by atoms with E-state index in [1.807, 2.05) is 12.1 Å². The SMILES string of the molecule is COc1ccc(CC2(O)CCNC2)nc1. The highest BCUT2D eigenvalue weighted by molar-refractivity contribution is 5.20. The zero-order chi connectivity index (χ0) is 10.7. The third-order valence-corrected chi connectivity index (χ3v) is 2.76. The van der Waals surface area contributed by atoms with E-state index in [2.05, 4.69) is 10.3 Å². The van der Waals surface area contributed by atoms with E-state index in [4.69, 9.17) is 4.74 Å². The Kier molecular flexibility index (Phi) is 2.88. The van der Waals surface area contributed by atoms with E-state index in [9.17, 15) is 5.11 Å². The van der Waals surface area contributed by atoms with E-state index in [0.29, 0.717) is 13.0 Å². The van der Waals surface area contributed by atoms with Crippen LogP contribution in [-0.2, 0) is 6.42 Å². The van der Waals surface area contributed by atoms with Crippen molar-refractivity contribution in [3.8, 4) is 5.75 Å². The van der Waals surface area contributed by atoms with Crippen molar-refractivity contribution in [1.29, 1.82) is 0 Å². The van der Waals surface area contributed by atoms with Gasteiger partial charge in [0.05, 0.1) is 18.9 Å². The average Bonchev–Trinajstić information content (AvgIpc) is 2.66. The van der Waals surface area contributed by atoms with E-state index in [-0.39, 0.29) is 0 Å². The molecule has 4 nitrogen and oxygen atoms in total. The number of hydrogen-bond acceptors (Lipinski definition) is 4. The molecule has 1 aromatic heterocycles.